The standard InChI is InChI=1S/C13H19N3O2/c1-2-13(15-7-6-11(14)9-15)10-4-3-5-12(8-10)16(17)18/h3-5,8,11,13H,2,6-7,9,14H2,1H3. The Morgan fingerprint density at radius 1 is 1.61 bits per heavy atom. The first kappa shape index (κ1) is 13.0. The smallest absolute Gasteiger partial charge is 0.269 e. The van der Waals surface area contributed by atoms with E-state index in [2.05, 4.69) is 11.8 Å². The van der Waals surface area contributed by atoms with Gasteiger partial charge < -0.3 is 5.73 Å². The summed E-state index contributed by atoms with van der Waals surface area (Å²) in [5.74, 6) is 0. The first-order valence-electron chi connectivity index (χ1n) is 6.35. The van der Waals surface area contributed by atoms with Crippen LogP contribution in [0.2, 0.25) is 0 Å². The fraction of sp³-hybridized carbons (Fsp3) is 0.538. The van der Waals surface area contributed by atoms with Crippen molar-refractivity contribution in [3.05, 3.63) is 39.9 Å². The van der Waals surface area contributed by atoms with E-state index in [1.54, 1.807) is 12.1 Å². The molecule has 1 aliphatic rings. The molecule has 5 heteroatoms. The lowest BCUT2D eigenvalue weighted by Crippen LogP contribution is -2.30. The van der Waals surface area contributed by atoms with E-state index in [1.807, 2.05) is 6.07 Å². The number of hydrogen-bond acceptors (Lipinski definition) is 4. The highest BCUT2D eigenvalue weighted by Gasteiger charge is 2.26. The van der Waals surface area contributed by atoms with Crippen molar-refractivity contribution < 1.29 is 4.92 Å². The van der Waals surface area contributed by atoms with Crippen LogP contribution in [0, 0.1) is 10.1 Å². The van der Waals surface area contributed by atoms with Crippen LogP contribution in [0.15, 0.2) is 24.3 Å². The minimum absolute atomic E-state index is 0.162. The van der Waals surface area contributed by atoms with Crippen molar-refractivity contribution in [2.75, 3.05) is 13.1 Å². The van der Waals surface area contributed by atoms with E-state index in [4.69, 9.17) is 5.73 Å². The number of non-ortho nitro benzene ring substituents is 1. The van der Waals surface area contributed by atoms with Crippen LogP contribution >= 0.6 is 0 Å². The van der Waals surface area contributed by atoms with Crippen molar-refractivity contribution >= 4 is 5.69 Å². The summed E-state index contributed by atoms with van der Waals surface area (Å²) in [6.45, 7) is 3.96. The Kier molecular flexibility index (Phi) is 3.93. The fourth-order valence-corrected chi connectivity index (χ4v) is 2.65. The summed E-state index contributed by atoms with van der Waals surface area (Å²) in [6.07, 6.45) is 1.94. The third-order valence-corrected chi connectivity index (χ3v) is 3.55. The molecule has 2 N–H and O–H groups in total. The van der Waals surface area contributed by atoms with Gasteiger partial charge in [-0.05, 0) is 18.4 Å². The largest absolute Gasteiger partial charge is 0.326 e. The lowest BCUT2D eigenvalue weighted by molar-refractivity contribution is -0.385. The van der Waals surface area contributed by atoms with Crippen LogP contribution < -0.4 is 5.73 Å². The zero-order chi connectivity index (χ0) is 13.1. The van der Waals surface area contributed by atoms with Crippen LogP contribution in [-0.4, -0.2) is 29.0 Å². The Labute approximate surface area is 107 Å². The highest BCUT2D eigenvalue weighted by Crippen LogP contribution is 2.29. The summed E-state index contributed by atoms with van der Waals surface area (Å²) < 4.78 is 0. The zero-order valence-electron chi connectivity index (χ0n) is 10.6. The van der Waals surface area contributed by atoms with Crippen LogP contribution in [0.4, 0.5) is 5.69 Å². The molecule has 5 nitrogen and oxygen atoms in total. The molecule has 2 rings (SSSR count). The van der Waals surface area contributed by atoms with Crippen molar-refractivity contribution in [1.29, 1.82) is 0 Å². The van der Waals surface area contributed by atoms with E-state index in [9.17, 15) is 10.1 Å². The van der Waals surface area contributed by atoms with E-state index in [-0.39, 0.29) is 22.7 Å². The Balaban J connectivity index is 2.22. The van der Waals surface area contributed by atoms with Crippen molar-refractivity contribution in [3.63, 3.8) is 0 Å². The summed E-state index contributed by atoms with van der Waals surface area (Å²) in [4.78, 5) is 12.8. The van der Waals surface area contributed by atoms with Gasteiger partial charge in [0.25, 0.3) is 5.69 Å². The molecular weight excluding hydrogens is 230 g/mol. The van der Waals surface area contributed by atoms with Crippen molar-refractivity contribution in [2.24, 2.45) is 5.73 Å². The van der Waals surface area contributed by atoms with E-state index >= 15 is 0 Å². The van der Waals surface area contributed by atoms with Crippen LogP contribution in [0.5, 0.6) is 0 Å². The maximum absolute atomic E-state index is 10.8. The second-order valence-corrected chi connectivity index (χ2v) is 4.82. The monoisotopic (exact) mass is 249 g/mol. The van der Waals surface area contributed by atoms with E-state index < -0.39 is 0 Å². The molecule has 1 aromatic rings. The third-order valence-electron chi connectivity index (χ3n) is 3.55. The van der Waals surface area contributed by atoms with Crippen LogP contribution in [0.3, 0.4) is 0 Å². The van der Waals surface area contributed by atoms with Crippen molar-refractivity contribution in [1.82, 2.24) is 4.90 Å². The molecule has 18 heavy (non-hydrogen) atoms. The van der Waals surface area contributed by atoms with Gasteiger partial charge in [-0.15, -0.1) is 0 Å². The Hall–Kier alpha value is -1.46. The number of nitrogens with two attached hydrogens (primary N) is 1. The average molecular weight is 249 g/mol. The van der Waals surface area contributed by atoms with Crippen LogP contribution in [-0.2, 0) is 0 Å². The second kappa shape index (κ2) is 5.46. The number of nitro benzene ring substituents is 1. The lowest BCUT2D eigenvalue weighted by Gasteiger charge is -2.26. The molecule has 98 valence electrons. The summed E-state index contributed by atoms with van der Waals surface area (Å²) in [5.41, 5.74) is 7.10. The van der Waals surface area contributed by atoms with Crippen LogP contribution in [0.25, 0.3) is 0 Å². The average Bonchev–Trinajstić information content (AvgIpc) is 2.77. The van der Waals surface area contributed by atoms with Gasteiger partial charge in [0.05, 0.1) is 4.92 Å². The minimum Gasteiger partial charge on any atom is -0.326 e. The molecule has 1 fully saturated rings. The minimum atomic E-state index is -0.341. The Bertz CT molecular complexity index is 436. The molecule has 0 saturated carbocycles. The molecule has 1 aliphatic heterocycles. The quantitative estimate of drug-likeness (QED) is 0.655. The molecule has 1 heterocycles. The summed E-state index contributed by atoms with van der Waals surface area (Å²) >= 11 is 0. The molecule has 0 amide bonds. The van der Waals surface area contributed by atoms with Gasteiger partial charge in [-0.3, -0.25) is 15.0 Å². The molecule has 1 aromatic carbocycles. The third kappa shape index (κ3) is 2.68. The van der Waals surface area contributed by atoms with Crippen molar-refractivity contribution in [2.45, 2.75) is 31.8 Å². The number of nitrogens with zero attached hydrogens (tertiary/aromatic N) is 2. The van der Waals surface area contributed by atoms with Gasteiger partial charge in [0.2, 0.25) is 0 Å². The molecule has 0 aromatic heterocycles. The second-order valence-electron chi connectivity index (χ2n) is 4.82. The Morgan fingerprint density at radius 3 is 2.94 bits per heavy atom. The SMILES string of the molecule is CCC(c1cccc([N+](=O)[O-])c1)N1CCC(N)C1. The number of likely N-dealkylation sites (tertiary alicyclic amines) is 1. The number of nitro groups is 1. The molecule has 2 unspecified atom stereocenters. The zero-order valence-corrected chi connectivity index (χ0v) is 10.6. The highest BCUT2D eigenvalue weighted by molar-refractivity contribution is 5.35. The molecule has 1 saturated heterocycles. The molecular formula is C13H19N3O2. The van der Waals surface area contributed by atoms with Gasteiger partial charge in [0.15, 0.2) is 0 Å². The number of benzene rings is 1. The highest BCUT2D eigenvalue weighted by atomic mass is 16.6. The Morgan fingerprint density at radius 2 is 2.39 bits per heavy atom. The predicted molar refractivity (Wildman–Crippen MR) is 70.3 cm³/mol. The summed E-state index contributed by atoms with van der Waals surface area (Å²) in [7, 11) is 0. The van der Waals surface area contributed by atoms with Gasteiger partial charge in [0, 0.05) is 37.3 Å². The topological polar surface area (TPSA) is 72.4 Å². The summed E-state index contributed by atoms with van der Waals surface area (Å²) in [5, 5.41) is 10.8. The molecule has 0 radical (unpaired) electrons. The maximum atomic E-state index is 10.8. The van der Waals surface area contributed by atoms with Gasteiger partial charge >= 0.3 is 0 Å². The normalized spacial score (nSPS) is 22.0. The van der Waals surface area contributed by atoms with Crippen LogP contribution in [0.1, 0.15) is 31.4 Å². The molecule has 0 spiro atoms. The molecule has 2 atom stereocenters. The first-order chi connectivity index (χ1) is 8.61. The first-order valence-corrected chi connectivity index (χ1v) is 6.35. The molecule has 0 aliphatic carbocycles. The van der Waals surface area contributed by atoms with Gasteiger partial charge in [-0.1, -0.05) is 19.1 Å². The van der Waals surface area contributed by atoms with E-state index in [0.717, 1.165) is 31.5 Å². The number of rotatable bonds is 4. The maximum Gasteiger partial charge on any atom is 0.269 e. The number of hydrogen-bond donors (Lipinski definition) is 1. The van der Waals surface area contributed by atoms with Crippen molar-refractivity contribution in [3.8, 4) is 0 Å². The fourth-order valence-electron chi connectivity index (χ4n) is 2.65. The van der Waals surface area contributed by atoms with Gasteiger partial charge in [-0.25, -0.2) is 0 Å². The predicted octanol–water partition coefficient (Wildman–Crippen LogP) is 2.08. The summed E-state index contributed by atoms with van der Waals surface area (Å²) in [6, 6.07) is 7.40. The van der Waals surface area contributed by atoms with Gasteiger partial charge in [-0.2, -0.15) is 0 Å². The van der Waals surface area contributed by atoms with Gasteiger partial charge in [0.1, 0.15) is 0 Å². The van der Waals surface area contributed by atoms with E-state index in [1.165, 1.54) is 6.07 Å². The lowest BCUT2D eigenvalue weighted by atomic mass is 10.0. The molecule has 0 bridgehead atoms. The van der Waals surface area contributed by atoms with E-state index in [0.29, 0.717) is 0 Å².